The van der Waals surface area contributed by atoms with Crippen molar-refractivity contribution in [2.45, 2.75) is 12.6 Å². The maximum atomic E-state index is 13.4. The number of carbonyl (C=O) groups excluding carboxylic acids is 1. The van der Waals surface area contributed by atoms with Gasteiger partial charge in [0.15, 0.2) is 0 Å². The summed E-state index contributed by atoms with van der Waals surface area (Å²) in [7, 11) is 0. The van der Waals surface area contributed by atoms with E-state index in [1.54, 1.807) is 11.0 Å². The number of rotatable bonds is 3. The number of likely N-dealkylation sites (tertiary alicyclic amines) is 1. The van der Waals surface area contributed by atoms with Crippen molar-refractivity contribution in [2.24, 2.45) is 11.3 Å². The highest BCUT2D eigenvalue weighted by Gasteiger charge is 2.50. The molecule has 2 saturated heterocycles. The van der Waals surface area contributed by atoms with Gasteiger partial charge in [-0.05, 0) is 24.6 Å². The lowest BCUT2D eigenvalue weighted by Gasteiger charge is -2.42. The lowest BCUT2D eigenvalue weighted by molar-refractivity contribution is -0.137. The van der Waals surface area contributed by atoms with E-state index in [0.717, 1.165) is 6.07 Å². The van der Waals surface area contributed by atoms with Crippen LogP contribution in [0.15, 0.2) is 30.6 Å². The van der Waals surface area contributed by atoms with Crippen molar-refractivity contribution in [3.8, 4) is 6.07 Å². The third-order valence-corrected chi connectivity index (χ3v) is 6.27. The smallest absolute Gasteiger partial charge is 0.396 e. The number of anilines is 1. The first-order chi connectivity index (χ1) is 14.3. The Kier molecular flexibility index (Phi) is 4.94. The molecule has 0 saturated carbocycles. The second-order valence-corrected chi connectivity index (χ2v) is 7.93. The molecule has 3 heterocycles. The van der Waals surface area contributed by atoms with Gasteiger partial charge in [0.2, 0.25) is 0 Å². The highest BCUT2D eigenvalue weighted by Crippen LogP contribution is 2.45. The average molecular weight is 419 g/mol. The van der Waals surface area contributed by atoms with E-state index in [0.29, 0.717) is 43.9 Å². The van der Waals surface area contributed by atoms with Crippen LogP contribution in [0.25, 0.3) is 0 Å². The quantitative estimate of drug-likeness (QED) is 0.796. The highest BCUT2D eigenvalue weighted by molar-refractivity contribution is 5.93. The minimum Gasteiger partial charge on any atom is -0.396 e. The van der Waals surface area contributed by atoms with Crippen molar-refractivity contribution in [2.75, 3.05) is 37.7 Å². The number of alkyl halides is 3. The minimum absolute atomic E-state index is 0.0860. The number of hydrogen-bond donors (Lipinski definition) is 2. The summed E-state index contributed by atoms with van der Waals surface area (Å²) in [5.41, 5.74) is -1.07. The molecule has 2 aromatic rings. The number of aliphatic hydroxyl groups is 1. The van der Waals surface area contributed by atoms with Crippen LogP contribution in [0, 0.1) is 22.7 Å². The number of nitrogens with zero attached hydrogens (tertiary/aromatic N) is 4. The number of nitriles is 1. The summed E-state index contributed by atoms with van der Waals surface area (Å²) in [4.78, 5) is 16.2. The number of halogens is 3. The molecule has 0 spiro atoms. The fourth-order valence-electron chi connectivity index (χ4n) is 4.53. The molecule has 30 heavy (non-hydrogen) atoms. The van der Waals surface area contributed by atoms with E-state index in [-0.39, 0.29) is 18.4 Å². The number of fused-ring (bicyclic) bond motifs is 1. The van der Waals surface area contributed by atoms with Gasteiger partial charge in [-0.25, -0.2) is 0 Å². The van der Waals surface area contributed by atoms with Gasteiger partial charge in [-0.15, -0.1) is 0 Å². The van der Waals surface area contributed by atoms with Gasteiger partial charge in [0.05, 0.1) is 35.6 Å². The number of piperidine rings is 1. The van der Waals surface area contributed by atoms with Crippen LogP contribution in [0.1, 0.15) is 27.9 Å². The molecule has 0 radical (unpaired) electrons. The van der Waals surface area contributed by atoms with Crippen molar-refractivity contribution >= 4 is 11.6 Å². The molecule has 0 bridgehead atoms. The third-order valence-electron chi connectivity index (χ3n) is 6.27. The molecular weight excluding hydrogens is 399 g/mol. The Morgan fingerprint density at radius 2 is 2.20 bits per heavy atom. The Hall–Kier alpha value is -3.06. The molecule has 7 nitrogen and oxygen atoms in total. The van der Waals surface area contributed by atoms with Gasteiger partial charge >= 0.3 is 6.18 Å². The molecule has 10 heteroatoms. The predicted octanol–water partition coefficient (Wildman–Crippen LogP) is 2.26. The molecule has 1 aromatic heterocycles. The van der Waals surface area contributed by atoms with Crippen molar-refractivity contribution in [1.82, 2.24) is 15.1 Å². The number of benzene rings is 1. The van der Waals surface area contributed by atoms with E-state index >= 15 is 0 Å². The highest BCUT2D eigenvalue weighted by atomic mass is 19.4. The van der Waals surface area contributed by atoms with E-state index in [1.165, 1.54) is 24.5 Å². The SMILES string of the molecule is N#Cc1ccc(N2C[C@H]3CN(C(=O)c4cn[nH]c4)CC[C@@]3(CO)C2)cc1C(F)(F)F. The summed E-state index contributed by atoms with van der Waals surface area (Å²) in [6, 6.07) is 5.27. The van der Waals surface area contributed by atoms with Crippen molar-refractivity contribution in [3.63, 3.8) is 0 Å². The second kappa shape index (κ2) is 7.32. The fraction of sp³-hybridized carbons (Fsp3) is 0.450. The number of aliphatic hydroxyl groups excluding tert-OH is 1. The Labute approximate surface area is 170 Å². The largest absolute Gasteiger partial charge is 0.417 e. The molecule has 2 fully saturated rings. The molecule has 0 unspecified atom stereocenters. The third kappa shape index (κ3) is 3.39. The van der Waals surface area contributed by atoms with Gasteiger partial charge in [-0.3, -0.25) is 9.89 Å². The Balaban J connectivity index is 1.58. The van der Waals surface area contributed by atoms with Gasteiger partial charge in [0.1, 0.15) is 0 Å². The lowest BCUT2D eigenvalue weighted by atomic mass is 9.73. The number of H-pyrrole nitrogens is 1. The molecule has 1 amide bonds. The van der Waals surface area contributed by atoms with E-state index in [2.05, 4.69) is 10.2 Å². The van der Waals surface area contributed by atoms with Gasteiger partial charge in [-0.2, -0.15) is 23.5 Å². The molecule has 1 aromatic carbocycles. The molecule has 158 valence electrons. The Morgan fingerprint density at radius 1 is 1.40 bits per heavy atom. The van der Waals surface area contributed by atoms with Crippen molar-refractivity contribution in [3.05, 3.63) is 47.3 Å². The monoisotopic (exact) mass is 419 g/mol. The van der Waals surface area contributed by atoms with Crippen molar-refractivity contribution in [1.29, 1.82) is 5.26 Å². The normalized spacial score (nSPS) is 23.9. The van der Waals surface area contributed by atoms with Crippen LogP contribution in [0.3, 0.4) is 0 Å². The van der Waals surface area contributed by atoms with E-state index in [4.69, 9.17) is 5.26 Å². The summed E-state index contributed by atoms with van der Waals surface area (Å²) < 4.78 is 40.1. The number of amides is 1. The maximum absolute atomic E-state index is 13.4. The number of hydrogen-bond acceptors (Lipinski definition) is 5. The number of aromatic amines is 1. The van der Waals surface area contributed by atoms with E-state index < -0.39 is 22.7 Å². The molecule has 2 N–H and O–H groups in total. The molecule has 2 aliphatic heterocycles. The summed E-state index contributed by atoms with van der Waals surface area (Å²) in [6.45, 7) is 1.56. The van der Waals surface area contributed by atoms with E-state index in [9.17, 15) is 23.1 Å². The van der Waals surface area contributed by atoms with Crippen LogP contribution in [0.2, 0.25) is 0 Å². The van der Waals surface area contributed by atoms with Gasteiger partial charge in [0, 0.05) is 49.4 Å². The Morgan fingerprint density at radius 3 is 2.83 bits per heavy atom. The summed E-state index contributed by atoms with van der Waals surface area (Å²) >= 11 is 0. The molecule has 2 aliphatic rings. The first-order valence-corrected chi connectivity index (χ1v) is 9.52. The Bertz CT molecular complexity index is 985. The van der Waals surface area contributed by atoms with Crippen LogP contribution >= 0.6 is 0 Å². The van der Waals surface area contributed by atoms with Crippen LogP contribution in [-0.4, -0.2) is 58.9 Å². The minimum atomic E-state index is -4.63. The number of carbonyl (C=O) groups is 1. The summed E-state index contributed by atoms with van der Waals surface area (Å²) in [5.74, 6) is -0.247. The second-order valence-electron chi connectivity index (χ2n) is 7.93. The first kappa shape index (κ1) is 20.2. The van der Waals surface area contributed by atoms with E-state index in [1.807, 2.05) is 4.90 Å². The first-order valence-electron chi connectivity index (χ1n) is 9.52. The zero-order chi connectivity index (χ0) is 21.5. The standard InChI is InChI=1S/C20H20F3N5O2/c21-20(22,23)17-5-16(2-1-13(17)6-24)28-10-15-9-27(4-3-19(15,11-28)12-29)18(30)14-7-25-26-8-14/h1-2,5,7-8,15,29H,3-4,9-12H2,(H,25,26)/t15-,19+/m1/s1. The van der Waals surface area contributed by atoms with Crippen LogP contribution in [0.4, 0.5) is 18.9 Å². The number of aromatic nitrogens is 2. The zero-order valence-electron chi connectivity index (χ0n) is 16.0. The maximum Gasteiger partial charge on any atom is 0.417 e. The molecule has 4 rings (SSSR count). The zero-order valence-corrected chi connectivity index (χ0v) is 16.0. The van der Waals surface area contributed by atoms with Crippen LogP contribution in [-0.2, 0) is 6.18 Å². The molecular formula is C20H20F3N5O2. The molecule has 0 aliphatic carbocycles. The molecule has 2 atom stereocenters. The van der Waals surface area contributed by atoms with Crippen molar-refractivity contribution < 1.29 is 23.1 Å². The van der Waals surface area contributed by atoms with Gasteiger partial charge in [0.25, 0.3) is 5.91 Å². The average Bonchev–Trinajstić information content (AvgIpc) is 3.40. The predicted molar refractivity (Wildman–Crippen MR) is 100 cm³/mol. The van der Waals surface area contributed by atoms with Crippen LogP contribution < -0.4 is 4.90 Å². The number of nitrogens with one attached hydrogen (secondary N) is 1. The fourth-order valence-corrected chi connectivity index (χ4v) is 4.53. The lowest BCUT2D eigenvalue weighted by Crippen LogP contribution is -2.50. The summed E-state index contributed by atoms with van der Waals surface area (Å²) in [5, 5.41) is 25.5. The van der Waals surface area contributed by atoms with Crippen LogP contribution in [0.5, 0.6) is 0 Å². The van der Waals surface area contributed by atoms with Gasteiger partial charge in [-0.1, -0.05) is 0 Å². The summed E-state index contributed by atoms with van der Waals surface area (Å²) in [6.07, 6.45) is -1.11. The topological polar surface area (TPSA) is 96.3 Å². The van der Waals surface area contributed by atoms with Gasteiger partial charge < -0.3 is 14.9 Å².